The zero-order chi connectivity index (χ0) is 29.4. The van der Waals surface area contributed by atoms with Gasteiger partial charge in [-0.15, -0.1) is 0 Å². The van der Waals surface area contributed by atoms with E-state index < -0.39 is 0 Å². The van der Waals surface area contributed by atoms with Crippen LogP contribution < -0.4 is 10.2 Å². The molecule has 1 saturated heterocycles. The lowest BCUT2D eigenvalue weighted by Gasteiger charge is -2.39. The highest BCUT2D eigenvalue weighted by Crippen LogP contribution is 2.38. The number of benzene rings is 2. The summed E-state index contributed by atoms with van der Waals surface area (Å²) in [6.07, 6.45) is 5.79. The van der Waals surface area contributed by atoms with Crippen molar-refractivity contribution in [1.82, 2.24) is 25.3 Å². The Morgan fingerprint density at radius 1 is 0.837 bits per heavy atom. The predicted molar refractivity (Wildman–Crippen MR) is 172 cm³/mol. The number of anilines is 1. The summed E-state index contributed by atoms with van der Waals surface area (Å²) in [5, 5.41) is 8.62. The zero-order valence-electron chi connectivity index (χ0n) is 24.5. The Morgan fingerprint density at radius 3 is 2.30 bits per heavy atom. The SMILES string of the molecule is Cc1onc(-c2ccccc2Cl)c1N1CCC(N(Cc2cccc(CNCc3ccccn3)c2)Cc2ccccn2)CC1. The number of nitrogens with zero attached hydrogens (tertiary/aromatic N) is 5. The largest absolute Gasteiger partial charge is 0.367 e. The van der Waals surface area contributed by atoms with Crippen LogP contribution in [0.1, 0.15) is 41.1 Å². The standard InChI is InChI=1S/C35H37ClN6O/c1-26-35(34(40-43-26)32-13-2-3-14-33(32)36)41-19-15-31(16-20-41)42(25-30-12-5-7-18-39-30)24-28-10-8-9-27(21-28)22-37-23-29-11-4-6-17-38-29/h2-14,17-18,21,31,37H,15-16,19-20,22-25H2,1H3. The molecule has 1 fully saturated rings. The summed E-state index contributed by atoms with van der Waals surface area (Å²) in [6.45, 7) is 7.05. The molecule has 1 aliphatic heterocycles. The number of halogens is 1. The summed E-state index contributed by atoms with van der Waals surface area (Å²) in [6, 6.07) is 29.4. The van der Waals surface area contributed by atoms with Gasteiger partial charge in [0.1, 0.15) is 11.4 Å². The van der Waals surface area contributed by atoms with E-state index in [0.29, 0.717) is 11.1 Å². The van der Waals surface area contributed by atoms with E-state index in [1.807, 2.05) is 67.8 Å². The highest BCUT2D eigenvalue weighted by atomic mass is 35.5. The maximum absolute atomic E-state index is 6.55. The minimum Gasteiger partial charge on any atom is -0.367 e. The van der Waals surface area contributed by atoms with Crippen molar-refractivity contribution in [3.8, 4) is 11.3 Å². The molecular weight excluding hydrogens is 556 g/mol. The van der Waals surface area contributed by atoms with Crippen LogP contribution in [0.2, 0.25) is 5.02 Å². The molecule has 2 aromatic carbocycles. The van der Waals surface area contributed by atoms with Crippen molar-refractivity contribution in [3.63, 3.8) is 0 Å². The maximum Gasteiger partial charge on any atom is 0.157 e. The average Bonchev–Trinajstić information content (AvgIpc) is 3.43. The molecule has 8 heteroatoms. The van der Waals surface area contributed by atoms with Gasteiger partial charge < -0.3 is 14.7 Å². The zero-order valence-corrected chi connectivity index (χ0v) is 25.3. The molecule has 0 aliphatic carbocycles. The Morgan fingerprint density at radius 2 is 1.56 bits per heavy atom. The molecule has 43 heavy (non-hydrogen) atoms. The number of hydrogen-bond acceptors (Lipinski definition) is 7. The monoisotopic (exact) mass is 592 g/mol. The molecule has 0 saturated carbocycles. The van der Waals surface area contributed by atoms with Crippen molar-refractivity contribution in [3.05, 3.63) is 131 Å². The number of rotatable bonds is 11. The summed E-state index contributed by atoms with van der Waals surface area (Å²) >= 11 is 6.55. The Kier molecular flexibility index (Phi) is 9.43. The fraction of sp³-hybridized carbons (Fsp3) is 0.286. The van der Waals surface area contributed by atoms with Gasteiger partial charge in [-0.2, -0.15) is 0 Å². The lowest BCUT2D eigenvalue weighted by Crippen LogP contribution is -2.44. The van der Waals surface area contributed by atoms with Crippen molar-refractivity contribution in [2.75, 3.05) is 18.0 Å². The second-order valence-corrected chi connectivity index (χ2v) is 11.5. The van der Waals surface area contributed by atoms with E-state index in [-0.39, 0.29) is 0 Å². The van der Waals surface area contributed by atoms with E-state index in [2.05, 4.69) is 66.6 Å². The van der Waals surface area contributed by atoms with Crippen molar-refractivity contribution >= 4 is 17.3 Å². The van der Waals surface area contributed by atoms with Crippen LogP contribution in [0, 0.1) is 6.92 Å². The topological polar surface area (TPSA) is 70.3 Å². The first-order valence-electron chi connectivity index (χ1n) is 14.9. The number of nitrogens with one attached hydrogen (secondary N) is 1. The van der Waals surface area contributed by atoms with Gasteiger partial charge in [0, 0.05) is 63.3 Å². The highest BCUT2D eigenvalue weighted by Gasteiger charge is 2.29. The minimum absolute atomic E-state index is 0.424. The molecule has 3 aromatic heterocycles. The molecule has 5 aromatic rings. The van der Waals surface area contributed by atoms with Gasteiger partial charge in [0.15, 0.2) is 5.76 Å². The molecule has 0 unspecified atom stereocenters. The third-order valence-electron chi connectivity index (χ3n) is 8.09. The van der Waals surface area contributed by atoms with Gasteiger partial charge in [-0.25, -0.2) is 0 Å². The normalized spacial score (nSPS) is 14.0. The van der Waals surface area contributed by atoms with E-state index in [1.165, 1.54) is 11.1 Å². The third kappa shape index (κ3) is 7.31. The molecule has 220 valence electrons. The molecule has 7 nitrogen and oxygen atoms in total. The fourth-order valence-corrected chi connectivity index (χ4v) is 6.17. The Bertz CT molecular complexity index is 1600. The summed E-state index contributed by atoms with van der Waals surface area (Å²) in [7, 11) is 0. The van der Waals surface area contributed by atoms with Gasteiger partial charge in [0.2, 0.25) is 0 Å². The summed E-state index contributed by atoms with van der Waals surface area (Å²) in [5.41, 5.74) is 7.50. The number of piperidine rings is 1. The fourth-order valence-electron chi connectivity index (χ4n) is 5.95. The minimum atomic E-state index is 0.424. The Balaban J connectivity index is 1.15. The second-order valence-electron chi connectivity index (χ2n) is 11.1. The Labute approximate surface area is 258 Å². The third-order valence-corrected chi connectivity index (χ3v) is 8.42. The van der Waals surface area contributed by atoms with Crippen molar-refractivity contribution in [1.29, 1.82) is 0 Å². The molecule has 0 radical (unpaired) electrons. The van der Waals surface area contributed by atoms with E-state index in [9.17, 15) is 0 Å². The Hall–Kier alpha value is -4.04. The van der Waals surface area contributed by atoms with Gasteiger partial charge >= 0.3 is 0 Å². The van der Waals surface area contributed by atoms with Crippen molar-refractivity contribution < 1.29 is 4.52 Å². The number of pyridine rings is 2. The molecule has 0 atom stereocenters. The quantitative estimate of drug-likeness (QED) is 0.176. The number of aromatic nitrogens is 3. The van der Waals surface area contributed by atoms with Crippen LogP contribution in [-0.4, -0.2) is 39.2 Å². The molecule has 0 spiro atoms. The van der Waals surface area contributed by atoms with Crippen LogP contribution in [0.4, 0.5) is 5.69 Å². The molecule has 4 heterocycles. The smallest absolute Gasteiger partial charge is 0.157 e. The maximum atomic E-state index is 6.55. The molecule has 0 bridgehead atoms. The van der Waals surface area contributed by atoms with E-state index in [0.717, 1.165) is 86.2 Å². The molecule has 6 rings (SSSR count). The van der Waals surface area contributed by atoms with Gasteiger partial charge in [-0.1, -0.05) is 71.4 Å². The van der Waals surface area contributed by atoms with Crippen LogP contribution in [0.25, 0.3) is 11.3 Å². The van der Waals surface area contributed by atoms with Crippen LogP contribution >= 0.6 is 11.6 Å². The first-order valence-corrected chi connectivity index (χ1v) is 15.3. The number of aryl methyl sites for hydroxylation is 1. The van der Waals surface area contributed by atoms with Crippen molar-refractivity contribution in [2.45, 2.75) is 52.0 Å². The average molecular weight is 593 g/mol. The highest BCUT2D eigenvalue weighted by molar-refractivity contribution is 6.33. The summed E-state index contributed by atoms with van der Waals surface area (Å²) in [5.74, 6) is 0.826. The van der Waals surface area contributed by atoms with Gasteiger partial charge in [0.05, 0.1) is 16.4 Å². The first-order chi connectivity index (χ1) is 21.1. The summed E-state index contributed by atoms with van der Waals surface area (Å²) < 4.78 is 5.68. The van der Waals surface area contributed by atoms with Crippen LogP contribution in [-0.2, 0) is 26.2 Å². The van der Waals surface area contributed by atoms with Crippen LogP contribution in [0.5, 0.6) is 0 Å². The molecular formula is C35H37ClN6O. The summed E-state index contributed by atoms with van der Waals surface area (Å²) in [4.78, 5) is 14.1. The van der Waals surface area contributed by atoms with E-state index in [4.69, 9.17) is 16.1 Å². The van der Waals surface area contributed by atoms with Gasteiger partial charge in [-0.3, -0.25) is 14.9 Å². The van der Waals surface area contributed by atoms with Crippen LogP contribution in [0.15, 0.2) is 102 Å². The lowest BCUT2D eigenvalue weighted by atomic mass is 9.99. The van der Waals surface area contributed by atoms with Crippen LogP contribution in [0.3, 0.4) is 0 Å². The first kappa shape index (κ1) is 29.1. The molecule has 1 N–H and O–H groups in total. The predicted octanol–water partition coefficient (Wildman–Crippen LogP) is 7.05. The van der Waals surface area contributed by atoms with E-state index in [1.54, 1.807) is 0 Å². The van der Waals surface area contributed by atoms with Gasteiger partial charge in [-0.05, 0) is 61.2 Å². The van der Waals surface area contributed by atoms with Crippen molar-refractivity contribution in [2.24, 2.45) is 0 Å². The second kappa shape index (κ2) is 14.0. The van der Waals surface area contributed by atoms with Gasteiger partial charge in [0.25, 0.3) is 0 Å². The number of hydrogen-bond donors (Lipinski definition) is 1. The molecule has 0 amide bonds. The lowest BCUT2D eigenvalue weighted by molar-refractivity contribution is 0.150. The molecule has 1 aliphatic rings. The van der Waals surface area contributed by atoms with E-state index >= 15 is 0 Å².